The molecule has 2 N–H and O–H groups in total. The lowest BCUT2D eigenvalue weighted by molar-refractivity contribution is -0.137. The van der Waals surface area contributed by atoms with Gasteiger partial charge in [-0.1, -0.05) is 23.7 Å². The summed E-state index contributed by atoms with van der Waals surface area (Å²) in [6.07, 6.45) is -1.47. The number of alkyl halides is 3. The number of carbonyl (C=O) groups is 1. The number of halogens is 4. The van der Waals surface area contributed by atoms with Crippen molar-refractivity contribution in [3.8, 4) is 0 Å². The number of amides is 1. The summed E-state index contributed by atoms with van der Waals surface area (Å²) in [5.74, 6) is -0.519. The average Bonchev–Trinajstić information content (AvgIpc) is 3.14. The Labute approximate surface area is 170 Å². The van der Waals surface area contributed by atoms with Crippen molar-refractivity contribution in [2.75, 3.05) is 23.3 Å². The maximum absolute atomic E-state index is 13.2. The van der Waals surface area contributed by atoms with Gasteiger partial charge in [0.1, 0.15) is 5.69 Å². The summed E-state index contributed by atoms with van der Waals surface area (Å²) in [6, 6.07) is 10.4. The quantitative estimate of drug-likeness (QED) is 0.538. The summed E-state index contributed by atoms with van der Waals surface area (Å²) in [4.78, 5) is 17.8. The van der Waals surface area contributed by atoms with Crippen LogP contribution in [0.5, 0.6) is 0 Å². The van der Waals surface area contributed by atoms with E-state index in [1.807, 2.05) is 4.90 Å². The van der Waals surface area contributed by atoms with E-state index in [-0.39, 0.29) is 11.4 Å². The molecule has 0 radical (unpaired) electrons. The van der Waals surface area contributed by atoms with Crippen molar-refractivity contribution in [2.24, 2.45) is 0 Å². The van der Waals surface area contributed by atoms with Gasteiger partial charge >= 0.3 is 6.18 Å². The minimum atomic E-state index is -4.49. The first-order chi connectivity index (χ1) is 13.8. The van der Waals surface area contributed by atoms with E-state index in [1.54, 1.807) is 24.3 Å². The van der Waals surface area contributed by atoms with Crippen LogP contribution in [0.15, 0.2) is 42.5 Å². The number of carbonyl (C=O) groups excluding carboxylic acids is 1. The number of piperidine rings is 1. The van der Waals surface area contributed by atoms with E-state index < -0.39 is 17.6 Å². The Morgan fingerprint density at radius 3 is 2.52 bits per heavy atom. The SMILES string of the molecule is O=C(Nc1cc(C(F)(F)F)ccc1N1CCCCC1)c1cc2cccc(Cl)c2[nH]1. The topological polar surface area (TPSA) is 48.1 Å². The molecule has 0 unspecified atom stereocenters. The third-order valence-corrected chi connectivity index (χ3v) is 5.43. The first kappa shape index (κ1) is 19.6. The van der Waals surface area contributed by atoms with Crippen LogP contribution in [0.4, 0.5) is 24.5 Å². The highest BCUT2D eigenvalue weighted by Crippen LogP contribution is 2.36. The van der Waals surface area contributed by atoms with Crippen molar-refractivity contribution in [2.45, 2.75) is 25.4 Å². The molecule has 1 fully saturated rings. The van der Waals surface area contributed by atoms with Gasteiger partial charge in [0.05, 0.1) is 27.5 Å². The molecular weight excluding hydrogens is 403 g/mol. The molecule has 1 amide bonds. The van der Waals surface area contributed by atoms with Gasteiger partial charge in [0.15, 0.2) is 0 Å². The Morgan fingerprint density at radius 2 is 1.83 bits per heavy atom. The molecule has 1 aliphatic rings. The number of nitrogens with zero attached hydrogens (tertiary/aromatic N) is 1. The zero-order chi connectivity index (χ0) is 20.6. The van der Waals surface area contributed by atoms with Gasteiger partial charge in [-0.2, -0.15) is 13.2 Å². The minimum absolute atomic E-state index is 0.150. The fourth-order valence-corrected chi connectivity index (χ4v) is 3.88. The van der Waals surface area contributed by atoms with E-state index in [0.29, 0.717) is 16.2 Å². The number of aromatic amines is 1. The maximum atomic E-state index is 13.2. The fraction of sp³-hybridized carbons (Fsp3) is 0.286. The number of benzene rings is 2. The second-order valence-corrected chi connectivity index (χ2v) is 7.53. The molecule has 152 valence electrons. The Hall–Kier alpha value is -2.67. The number of H-pyrrole nitrogens is 1. The number of para-hydroxylation sites is 1. The highest BCUT2D eigenvalue weighted by molar-refractivity contribution is 6.35. The van der Waals surface area contributed by atoms with Gasteiger partial charge in [0, 0.05) is 18.5 Å². The number of nitrogens with one attached hydrogen (secondary N) is 2. The van der Waals surface area contributed by atoms with Crippen molar-refractivity contribution in [1.29, 1.82) is 0 Å². The summed E-state index contributed by atoms with van der Waals surface area (Å²) in [5, 5.41) is 3.88. The first-order valence-corrected chi connectivity index (χ1v) is 9.75. The number of hydrogen-bond donors (Lipinski definition) is 2. The van der Waals surface area contributed by atoms with E-state index in [0.717, 1.165) is 49.9 Å². The number of aromatic nitrogens is 1. The molecule has 29 heavy (non-hydrogen) atoms. The first-order valence-electron chi connectivity index (χ1n) is 9.38. The van der Waals surface area contributed by atoms with Gasteiger partial charge in [-0.25, -0.2) is 0 Å². The van der Waals surface area contributed by atoms with Gasteiger partial charge in [-0.15, -0.1) is 0 Å². The van der Waals surface area contributed by atoms with Gasteiger partial charge < -0.3 is 15.2 Å². The Morgan fingerprint density at radius 1 is 1.07 bits per heavy atom. The summed E-state index contributed by atoms with van der Waals surface area (Å²) in [7, 11) is 0. The van der Waals surface area contributed by atoms with E-state index in [1.165, 1.54) is 6.07 Å². The van der Waals surface area contributed by atoms with Crippen LogP contribution >= 0.6 is 11.6 Å². The van der Waals surface area contributed by atoms with Crippen LogP contribution in [0.1, 0.15) is 35.3 Å². The van der Waals surface area contributed by atoms with Gasteiger partial charge in [0.25, 0.3) is 5.91 Å². The molecule has 1 saturated heterocycles. The predicted octanol–water partition coefficient (Wildman–Crippen LogP) is 6.08. The zero-order valence-corrected chi connectivity index (χ0v) is 16.2. The largest absolute Gasteiger partial charge is 0.416 e. The van der Waals surface area contributed by atoms with Crippen molar-refractivity contribution in [3.63, 3.8) is 0 Å². The van der Waals surface area contributed by atoms with E-state index >= 15 is 0 Å². The monoisotopic (exact) mass is 421 g/mol. The molecule has 0 saturated carbocycles. The number of anilines is 2. The lowest BCUT2D eigenvalue weighted by atomic mass is 10.1. The van der Waals surface area contributed by atoms with Crippen LogP contribution in [0.2, 0.25) is 5.02 Å². The number of fused-ring (bicyclic) bond motifs is 1. The highest BCUT2D eigenvalue weighted by Gasteiger charge is 2.32. The van der Waals surface area contributed by atoms with Crippen LogP contribution in [0.3, 0.4) is 0 Å². The number of hydrogen-bond acceptors (Lipinski definition) is 2. The van der Waals surface area contributed by atoms with Crippen molar-refractivity contribution in [1.82, 2.24) is 4.98 Å². The molecule has 2 heterocycles. The van der Waals surface area contributed by atoms with Crippen LogP contribution in [-0.4, -0.2) is 24.0 Å². The molecule has 8 heteroatoms. The smallest absolute Gasteiger partial charge is 0.370 e. The zero-order valence-electron chi connectivity index (χ0n) is 15.4. The predicted molar refractivity (Wildman–Crippen MR) is 109 cm³/mol. The van der Waals surface area contributed by atoms with E-state index in [9.17, 15) is 18.0 Å². The molecule has 2 aromatic carbocycles. The Kier molecular flexibility index (Phi) is 5.17. The van der Waals surface area contributed by atoms with E-state index in [2.05, 4.69) is 10.3 Å². The van der Waals surface area contributed by atoms with Crippen molar-refractivity contribution >= 4 is 39.8 Å². The summed E-state index contributed by atoms with van der Waals surface area (Å²) in [5.41, 5.74) is 0.791. The molecule has 0 bridgehead atoms. The molecule has 0 spiro atoms. The third kappa shape index (κ3) is 4.05. The second-order valence-electron chi connectivity index (χ2n) is 7.12. The van der Waals surface area contributed by atoms with Gasteiger partial charge in [-0.3, -0.25) is 4.79 Å². The third-order valence-electron chi connectivity index (χ3n) is 5.12. The van der Waals surface area contributed by atoms with Crippen LogP contribution in [0.25, 0.3) is 10.9 Å². The Balaban J connectivity index is 1.69. The minimum Gasteiger partial charge on any atom is -0.370 e. The maximum Gasteiger partial charge on any atom is 0.416 e. The normalized spacial score (nSPS) is 15.0. The van der Waals surface area contributed by atoms with Crippen LogP contribution in [-0.2, 0) is 6.18 Å². The molecule has 3 aromatic rings. The highest BCUT2D eigenvalue weighted by atomic mass is 35.5. The molecule has 0 atom stereocenters. The Bertz CT molecular complexity index is 1050. The van der Waals surface area contributed by atoms with Gasteiger partial charge in [0.2, 0.25) is 0 Å². The summed E-state index contributed by atoms with van der Waals surface area (Å²) < 4.78 is 39.7. The molecular formula is C21H19ClF3N3O. The van der Waals surface area contributed by atoms with Crippen LogP contribution < -0.4 is 10.2 Å². The van der Waals surface area contributed by atoms with Crippen LogP contribution in [0, 0.1) is 0 Å². The molecule has 4 rings (SSSR count). The number of rotatable bonds is 3. The van der Waals surface area contributed by atoms with Crippen molar-refractivity contribution in [3.05, 3.63) is 58.7 Å². The standard InChI is InChI=1S/C21H19ClF3N3O/c22-15-6-4-5-13-11-17(26-19(13)15)20(29)27-16-12-14(21(23,24)25)7-8-18(16)28-9-2-1-3-10-28/h4-8,11-12,26H,1-3,9-10H2,(H,27,29). The van der Waals surface area contributed by atoms with Gasteiger partial charge in [-0.05, 0) is 49.6 Å². The van der Waals surface area contributed by atoms with Crippen molar-refractivity contribution < 1.29 is 18.0 Å². The lowest BCUT2D eigenvalue weighted by Crippen LogP contribution is -2.30. The molecule has 0 aliphatic carbocycles. The molecule has 1 aliphatic heterocycles. The average molecular weight is 422 g/mol. The molecule has 4 nitrogen and oxygen atoms in total. The summed E-state index contributed by atoms with van der Waals surface area (Å²) in [6.45, 7) is 1.49. The lowest BCUT2D eigenvalue weighted by Gasteiger charge is -2.31. The fourth-order valence-electron chi connectivity index (χ4n) is 3.65. The summed E-state index contributed by atoms with van der Waals surface area (Å²) >= 11 is 6.14. The second kappa shape index (κ2) is 7.63. The molecule has 1 aromatic heterocycles. The van der Waals surface area contributed by atoms with E-state index in [4.69, 9.17) is 11.6 Å².